The number of hydrogen-bond donors (Lipinski definition) is 1. The summed E-state index contributed by atoms with van der Waals surface area (Å²) in [6, 6.07) is 0. The molecule has 2 N–H and O–H groups in total. The molecular weight excluding hydrogens is 280 g/mol. The van der Waals surface area contributed by atoms with Gasteiger partial charge in [-0.1, -0.05) is 12.8 Å². The first-order valence-corrected chi connectivity index (χ1v) is 8.02. The zero-order valence-electron chi connectivity index (χ0n) is 12.3. The van der Waals surface area contributed by atoms with Gasteiger partial charge in [0.25, 0.3) is 0 Å². The van der Waals surface area contributed by atoms with Gasteiger partial charge in [0, 0.05) is 29.1 Å². The van der Waals surface area contributed by atoms with Gasteiger partial charge in [-0.3, -0.25) is 4.79 Å². The largest absolute Gasteiger partial charge is 0.340 e. The second-order valence-electron chi connectivity index (χ2n) is 6.67. The minimum atomic E-state index is -0.302. The molecule has 2 atom stereocenters. The van der Waals surface area contributed by atoms with Gasteiger partial charge in [-0.2, -0.15) is 11.8 Å². The summed E-state index contributed by atoms with van der Waals surface area (Å²) < 4.78 is 0.188. The van der Waals surface area contributed by atoms with Crippen molar-refractivity contribution in [3.8, 4) is 0 Å². The van der Waals surface area contributed by atoms with Crippen LogP contribution in [0, 0.1) is 5.92 Å². The van der Waals surface area contributed by atoms with Crippen LogP contribution < -0.4 is 5.73 Å². The maximum Gasteiger partial charge on any atom is 0.227 e. The van der Waals surface area contributed by atoms with Gasteiger partial charge in [-0.05, 0) is 33.6 Å². The van der Waals surface area contributed by atoms with E-state index in [0.717, 1.165) is 44.5 Å². The van der Waals surface area contributed by atoms with Crippen molar-refractivity contribution in [2.75, 3.05) is 18.8 Å². The van der Waals surface area contributed by atoms with E-state index in [4.69, 9.17) is 5.73 Å². The number of carbonyl (C=O) groups excluding carboxylic acids is 1. The molecule has 112 valence electrons. The number of amides is 1. The predicted octanol–water partition coefficient (Wildman–Crippen LogP) is 2.67. The first kappa shape index (κ1) is 17.1. The predicted molar refractivity (Wildman–Crippen MR) is 84.9 cm³/mol. The standard InChI is InChI=1S/C14H26N2OS.ClH/c1-13(2)10-16(8-9-18-13)12(17)11-6-4-5-7-14(11,3)15;/h11H,4-10,15H2,1-3H3;1H. The molecule has 1 saturated heterocycles. The molecule has 0 spiro atoms. The summed E-state index contributed by atoms with van der Waals surface area (Å²) in [6.07, 6.45) is 4.26. The van der Waals surface area contributed by atoms with Crippen molar-refractivity contribution in [3.05, 3.63) is 0 Å². The van der Waals surface area contributed by atoms with Crippen LogP contribution in [-0.4, -0.2) is 39.9 Å². The maximum atomic E-state index is 12.7. The highest BCUT2D eigenvalue weighted by atomic mass is 35.5. The molecule has 2 aliphatic rings. The van der Waals surface area contributed by atoms with Crippen molar-refractivity contribution < 1.29 is 4.79 Å². The number of halogens is 1. The number of rotatable bonds is 1. The van der Waals surface area contributed by atoms with E-state index in [2.05, 4.69) is 25.7 Å². The second-order valence-corrected chi connectivity index (χ2v) is 8.47. The number of carbonyl (C=O) groups is 1. The van der Waals surface area contributed by atoms with Crippen LogP contribution in [0.15, 0.2) is 0 Å². The lowest BCUT2D eigenvalue weighted by Crippen LogP contribution is -2.56. The summed E-state index contributed by atoms with van der Waals surface area (Å²) in [5.74, 6) is 1.38. The smallest absolute Gasteiger partial charge is 0.227 e. The van der Waals surface area contributed by atoms with Gasteiger partial charge in [0.2, 0.25) is 5.91 Å². The Morgan fingerprint density at radius 2 is 2.00 bits per heavy atom. The third-order valence-electron chi connectivity index (χ3n) is 4.29. The molecule has 1 heterocycles. The van der Waals surface area contributed by atoms with Crippen LogP contribution in [-0.2, 0) is 4.79 Å². The minimum Gasteiger partial charge on any atom is -0.340 e. The first-order valence-electron chi connectivity index (χ1n) is 7.03. The Labute approximate surface area is 127 Å². The van der Waals surface area contributed by atoms with Crippen molar-refractivity contribution in [1.29, 1.82) is 0 Å². The number of hydrogen-bond acceptors (Lipinski definition) is 3. The Morgan fingerprint density at radius 1 is 1.32 bits per heavy atom. The van der Waals surface area contributed by atoms with E-state index in [1.54, 1.807) is 0 Å². The molecule has 0 radical (unpaired) electrons. The summed E-state index contributed by atoms with van der Waals surface area (Å²) in [5.41, 5.74) is 6.04. The lowest BCUT2D eigenvalue weighted by Gasteiger charge is -2.43. The Bertz CT molecular complexity index is 333. The van der Waals surface area contributed by atoms with Crippen LogP contribution in [0.2, 0.25) is 0 Å². The van der Waals surface area contributed by atoms with Crippen LogP contribution in [0.3, 0.4) is 0 Å². The molecule has 2 unspecified atom stereocenters. The van der Waals surface area contributed by atoms with Gasteiger partial charge in [0.05, 0.1) is 5.92 Å². The Hall–Kier alpha value is 0.0700. The van der Waals surface area contributed by atoms with Crippen LogP contribution in [0.25, 0.3) is 0 Å². The zero-order valence-corrected chi connectivity index (χ0v) is 13.9. The molecule has 0 bridgehead atoms. The van der Waals surface area contributed by atoms with E-state index in [1.165, 1.54) is 0 Å². The monoisotopic (exact) mass is 306 g/mol. The van der Waals surface area contributed by atoms with Crippen LogP contribution in [0.4, 0.5) is 0 Å². The Morgan fingerprint density at radius 3 is 2.58 bits per heavy atom. The van der Waals surface area contributed by atoms with Gasteiger partial charge in [-0.15, -0.1) is 12.4 Å². The number of thioether (sulfide) groups is 1. The fourth-order valence-corrected chi connectivity index (χ4v) is 4.30. The maximum absolute atomic E-state index is 12.7. The summed E-state index contributed by atoms with van der Waals surface area (Å²) in [4.78, 5) is 14.7. The third kappa shape index (κ3) is 4.02. The fourth-order valence-electron chi connectivity index (χ4n) is 3.19. The second kappa shape index (κ2) is 6.23. The highest BCUT2D eigenvalue weighted by molar-refractivity contribution is 8.00. The molecule has 1 aliphatic carbocycles. The summed E-state index contributed by atoms with van der Waals surface area (Å²) in [7, 11) is 0. The molecule has 1 saturated carbocycles. The molecule has 5 heteroatoms. The molecule has 2 rings (SSSR count). The summed E-state index contributed by atoms with van der Waals surface area (Å²) >= 11 is 1.96. The van der Waals surface area contributed by atoms with Gasteiger partial charge in [0.15, 0.2) is 0 Å². The third-order valence-corrected chi connectivity index (χ3v) is 5.59. The molecule has 0 aromatic rings. The molecule has 1 aliphatic heterocycles. The average molecular weight is 307 g/mol. The molecule has 1 amide bonds. The minimum absolute atomic E-state index is 0. The lowest BCUT2D eigenvalue weighted by atomic mass is 9.74. The van der Waals surface area contributed by atoms with E-state index in [-0.39, 0.29) is 28.6 Å². The van der Waals surface area contributed by atoms with Gasteiger partial charge in [-0.25, -0.2) is 0 Å². The van der Waals surface area contributed by atoms with E-state index >= 15 is 0 Å². The molecule has 19 heavy (non-hydrogen) atoms. The summed E-state index contributed by atoms with van der Waals surface area (Å²) in [5, 5.41) is 0. The van der Waals surface area contributed by atoms with Crippen molar-refractivity contribution in [2.45, 2.75) is 56.7 Å². The van der Waals surface area contributed by atoms with Crippen molar-refractivity contribution in [3.63, 3.8) is 0 Å². The van der Waals surface area contributed by atoms with Crippen LogP contribution in [0.1, 0.15) is 46.5 Å². The Balaban J connectivity index is 0.00000180. The number of nitrogens with zero attached hydrogens (tertiary/aromatic N) is 1. The zero-order chi connectivity index (χ0) is 13.4. The van der Waals surface area contributed by atoms with Crippen molar-refractivity contribution in [1.82, 2.24) is 4.90 Å². The average Bonchev–Trinajstić information content (AvgIpc) is 2.26. The number of nitrogens with two attached hydrogens (primary N) is 1. The van der Waals surface area contributed by atoms with E-state index in [9.17, 15) is 4.79 Å². The molecule has 2 fully saturated rings. The lowest BCUT2D eigenvalue weighted by molar-refractivity contribution is -0.139. The van der Waals surface area contributed by atoms with E-state index in [1.807, 2.05) is 11.8 Å². The highest BCUT2D eigenvalue weighted by Gasteiger charge is 2.41. The first-order chi connectivity index (χ1) is 8.32. The molecular formula is C14H27ClN2OS. The van der Waals surface area contributed by atoms with Crippen LogP contribution >= 0.6 is 24.2 Å². The van der Waals surface area contributed by atoms with Crippen molar-refractivity contribution >= 4 is 30.1 Å². The van der Waals surface area contributed by atoms with E-state index in [0.29, 0.717) is 5.91 Å². The quantitative estimate of drug-likeness (QED) is 0.810. The van der Waals surface area contributed by atoms with Crippen LogP contribution in [0.5, 0.6) is 0 Å². The normalized spacial score (nSPS) is 34.5. The molecule has 3 nitrogen and oxygen atoms in total. The van der Waals surface area contributed by atoms with Gasteiger partial charge in [0.1, 0.15) is 0 Å². The highest BCUT2D eigenvalue weighted by Crippen LogP contribution is 2.35. The van der Waals surface area contributed by atoms with Crippen molar-refractivity contribution in [2.24, 2.45) is 11.7 Å². The molecule has 0 aromatic heterocycles. The Kier molecular flexibility index (Phi) is 5.61. The SMILES string of the molecule is CC1(C)CN(C(=O)C2CCCCC2(C)N)CCS1.Cl. The van der Waals surface area contributed by atoms with Gasteiger partial charge >= 0.3 is 0 Å². The van der Waals surface area contributed by atoms with Gasteiger partial charge < -0.3 is 10.6 Å². The van der Waals surface area contributed by atoms with E-state index < -0.39 is 0 Å². The summed E-state index contributed by atoms with van der Waals surface area (Å²) in [6.45, 7) is 8.25. The fraction of sp³-hybridized carbons (Fsp3) is 0.929. The topological polar surface area (TPSA) is 46.3 Å². The molecule has 0 aromatic carbocycles.